The fraction of sp³-hybridized carbons (Fsp3) is 0.364. The molecule has 0 aromatic carbocycles. The van der Waals surface area contributed by atoms with E-state index >= 15 is 0 Å². The number of hydrogen-bond acceptors (Lipinski definition) is 2. The second kappa shape index (κ2) is 3.33. The Morgan fingerprint density at radius 2 is 2.14 bits per heavy atom. The van der Waals surface area contributed by atoms with Crippen LogP contribution in [0.25, 0.3) is 0 Å². The molecule has 0 aliphatic carbocycles. The fourth-order valence-corrected chi connectivity index (χ4v) is 1.57. The molecule has 0 aliphatic rings. The molecule has 2 aromatic rings. The highest BCUT2D eigenvalue weighted by Gasteiger charge is 2.09. The molecule has 3 nitrogen and oxygen atoms in total. The van der Waals surface area contributed by atoms with Crippen LogP contribution < -0.4 is 0 Å². The van der Waals surface area contributed by atoms with Gasteiger partial charge in [0.15, 0.2) is 0 Å². The summed E-state index contributed by atoms with van der Waals surface area (Å²) in [5, 5.41) is 3.94. The molecule has 0 saturated heterocycles. The summed E-state index contributed by atoms with van der Waals surface area (Å²) in [6.45, 7) is 6.87. The van der Waals surface area contributed by atoms with Gasteiger partial charge in [0.25, 0.3) is 0 Å². The Morgan fingerprint density at radius 1 is 1.36 bits per heavy atom. The first kappa shape index (κ1) is 9.06. The van der Waals surface area contributed by atoms with Crippen LogP contribution in [0.4, 0.5) is 0 Å². The second-order valence-corrected chi connectivity index (χ2v) is 3.58. The van der Waals surface area contributed by atoms with E-state index in [1.807, 2.05) is 19.9 Å². The molecule has 0 fully saturated rings. The summed E-state index contributed by atoms with van der Waals surface area (Å²) in [5.74, 6) is 0.913. The van der Waals surface area contributed by atoms with Crippen molar-refractivity contribution in [1.82, 2.24) is 9.72 Å². The standard InChI is InChI=1S/C11H14N2O/c1-8-5-4-6-13(8)7-11-9(2)12-14-10(11)3/h4-6H,7H2,1-3H3. The van der Waals surface area contributed by atoms with Crippen LogP contribution in [0.15, 0.2) is 22.9 Å². The summed E-state index contributed by atoms with van der Waals surface area (Å²) in [5.41, 5.74) is 3.42. The van der Waals surface area contributed by atoms with Gasteiger partial charge in [-0.3, -0.25) is 0 Å². The van der Waals surface area contributed by atoms with Crippen LogP contribution in [-0.4, -0.2) is 9.72 Å². The maximum atomic E-state index is 5.12. The lowest BCUT2D eigenvalue weighted by atomic mass is 10.2. The zero-order valence-electron chi connectivity index (χ0n) is 8.74. The van der Waals surface area contributed by atoms with Gasteiger partial charge in [0.1, 0.15) is 5.76 Å². The van der Waals surface area contributed by atoms with Crippen molar-refractivity contribution in [2.75, 3.05) is 0 Å². The van der Waals surface area contributed by atoms with E-state index in [1.54, 1.807) is 0 Å². The van der Waals surface area contributed by atoms with Gasteiger partial charge in [0.05, 0.1) is 12.2 Å². The second-order valence-electron chi connectivity index (χ2n) is 3.58. The maximum Gasteiger partial charge on any atom is 0.138 e. The van der Waals surface area contributed by atoms with Crippen molar-refractivity contribution in [3.8, 4) is 0 Å². The Hall–Kier alpha value is -1.51. The van der Waals surface area contributed by atoms with Crippen LogP contribution in [0.5, 0.6) is 0 Å². The minimum absolute atomic E-state index is 0.847. The van der Waals surface area contributed by atoms with Gasteiger partial charge < -0.3 is 9.09 Å². The van der Waals surface area contributed by atoms with Crippen molar-refractivity contribution in [1.29, 1.82) is 0 Å². The minimum atomic E-state index is 0.847. The third-order valence-corrected chi connectivity index (χ3v) is 2.57. The minimum Gasteiger partial charge on any atom is -0.361 e. The van der Waals surface area contributed by atoms with E-state index < -0.39 is 0 Å². The zero-order chi connectivity index (χ0) is 10.1. The average Bonchev–Trinajstić information content (AvgIpc) is 2.67. The van der Waals surface area contributed by atoms with E-state index in [1.165, 1.54) is 11.3 Å². The number of nitrogens with zero attached hydrogens (tertiary/aromatic N) is 2. The van der Waals surface area contributed by atoms with Crippen LogP contribution in [0.1, 0.15) is 22.7 Å². The first-order valence-electron chi connectivity index (χ1n) is 4.72. The Kier molecular flexibility index (Phi) is 2.15. The molecule has 0 N–H and O–H groups in total. The summed E-state index contributed by atoms with van der Waals surface area (Å²) >= 11 is 0. The number of aromatic nitrogens is 2. The lowest BCUT2D eigenvalue weighted by Crippen LogP contribution is -2.01. The quantitative estimate of drug-likeness (QED) is 0.728. The Labute approximate surface area is 83.3 Å². The molecule has 0 saturated carbocycles. The molecule has 74 valence electrons. The maximum absolute atomic E-state index is 5.12. The van der Waals surface area contributed by atoms with Crippen molar-refractivity contribution in [2.45, 2.75) is 27.3 Å². The zero-order valence-corrected chi connectivity index (χ0v) is 8.74. The molecular formula is C11H14N2O. The van der Waals surface area contributed by atoms with Gasteiger partial charge in [0, 0.05) is 17.5 Å². The molecule has 2 aromatic heterocycles. The third kappa shape index (κ3) is 1.45. The normalized spacial score (nSPS) is 10.8. The fourth-order valence-electron chi connectivity index (χ4n) is 1.57. The summed E-state index contributed by atoms with van der Waals surface area (Å²) in [4.78, 5) is 0. The topological polar surface area (TPSA) is 31.0 Å². The molecule has 3 heteroatoms. The van der Waals surface area contributed by atoms with Crippen LogP contribution >= 0.6 is 0 Å². The molecule has 0 unspecified atom stereocenters. The van der Waals surface area contributed by atoms with Gasteiger partial charge in [0.2, 0.25) is 0 Å². The monoisotopic (exact) mass is 190 g/mol. The van der Waals surface area contributed by atoms with E-state index in [0.717, 1.165) is 18.0 Å². The van der Waals surface area contributed by atoms with Crippen molar-refractivity contribution in [3.05, 3.63) is 41.0 Å². The van der Waals surface area contributed by atoms with Crippen LogP contribution in [0.2, 0.25) is 0 Å². The highest BCUT2D eigenvalue weighted by Crippen LogP contribution is 2.15. The first-order valence-corrected chi connectivity index (χ1v) is 4.72. The number of hydrogen-bond donors (Lipinski definition) is 0. The number of rotatable bonds is 2. The van der Waals surface area contributed by atoms with Gasteiger partial charge in [-0.05, 0) is 32.9 Å². The van der Waals surface area contributed by atoms with E-state index in [2.05, 4.69) is 28.9 Å². The van der Waals surface area contributed by atoms with Gasteiger partial charge in [-0.1, -0.05) is 5.16 Å². The predicted molar refractivity (Wildman–Crippen MR) is 54.2 cm³/mol. The van der Waals surface area contributed by atoms with E-state index in [-0.39, 0.29) is 0 Å². The van der Waals surface area contributed by atoms with E-state index in [0.29, 0.717) is 0 Å². The largest absolute Gasteiger partial charge is 0.361 e. The first-order chi connectivity index (χ1) is 6.68. The average molecular weight is 190 g/mol. The predicted octanol–water partition coefficient (Wildman–Crippen LogP) is 2.45. The van der Waals surface area contributed by atoms with Gasteiger partial charge in [-0.25, -0.2) is 0 Å². The Bertz CT molecular complexity index is 420. The van der Waals surface area contributed by atoms with Crippen molar-refractivity contribution >= 4 is 0 Å². The molecule has 2 heterocycles. The third-order valence-electron chi connectivity index (χ3n) is 2.57. The van der Waals surface area contributed by atoms with Crippen molar-refractivity contribution in [3.63, 3.8) is 0 Å². The Morgan fingerprint density at radius 3 is 2.64 bits per heavy atom. The van der Waals surface area contributed by atoms with Crippen LogP contribution in [0.3, 0.4) is 0 Å². The van der Waals surface area contributed by atoms with E-state index in [9.17, 15) is 0 Å². The SMILES string of the molecule is Cc1noc(C)c1Cn1cccc1C. The molecule has 0 aliphatic heterocycles. The molecular weight excluding hydrogens is 176 g/mol. The smallest absolute Gasteiger partial charge is 0.138 e. The molecule has 0 bridgehead atoms. The van der Waals surface area contributed by atoms with Crippen LogP contribution in [0, 0.1) is 20.8 Å². The Balaban J connectivity index is 2.31. The van der Waals surface area contributed by atoms with Crippen molar-refractivity contribution in [2.24, 2.45) is 0 Å². The highest BCUT2D eigenvalue weighted by atomic mass is 16.5. The molecule has 0 spiro atoms. The van der Waals surface area contributed by atoms with Gasteiger partial charge in [-0.2, -0.15) is 0 Å². The molecule has 0 amide bonds. The summed E-state index contributed by atoms with van der Waals surface area (Å²) in [6.07, 6.45) is 2.07. The lowest BCUT2D eigenvalue weighted by Gasteiger charge is -2.04. The summed E-state index contributed by atoms with van der Waals surface area (Å²) in [6, 6.07) is 4.14. The van der Waals surface area contributed by atoms with Crippen molar-refractivity contribution < 1.29 is 4.52 Å². The lowest BCUT2D eigenvalue weighted by molar-refractivity contribution is 0.392. The van der Waals surface area contributed by atoms with Gasteiger partial charge >= 0.3 is 0 Å². The molecule has 14 heavy (non-hydrogen) atoms. The highest BCUT2D eigenvalue weighted by molar-refractivity contribution is 5.22. The summed E-state index contributed by atoms with van der Waals surface area (Å²) in [7, 11) is 0. The van der Waals surface area contributed by atoms with E-state index in [4.69, 9.17) is 4.52 Å². The molecule has 2 rings (SSSR count). The molecule has 0 radical (unpaired) electrons. The van der Waals surface area contributed by atoms with Gasteiger partial charge in [-0.15, -0.1) is 0 Å². The summed E-state index contributed by atoms with van der Waals surface area (Å²) < 4.78 is 7.31. The number of aryl methyl sites for hydroxylation is 3. The molecule has 0 atom stereocenters. The van der Waals surface area contributed by atoms with Crippen LogP contribution in [-0.2, 0) is 6.54 Å².